The highest BCUT2D eigenvalue weighted by Gasteiger charge is 2.63. The minimum atomic E-state index is -2.69. The van der Waals surface area contributed by atoms with Gasteiger partial charge in [0, 0.05) is 31.3 Å². The molecule has 44 heavy (non-hydrogen) atoms. The number of aromatic hydroxyl groups is 1. The molecule has 1 aliphatic heterocycles. The zero-order valence-corrected chi connectivity index (χ0v) is 25.3. The summed E-state index contributed by atoms with van der Waals surface area (Å²) >= 11 is 0. The lowest BCUT2D eigenvalue weighted by molar-refractivity contribution is -0.148. The second-order valence-corrected chi connectivity index (χ2v) is 12.8. The quantitative estimate of drug-likeness (QED) is 0.304. The van der Waals surface area contributed by atoms with Crippen molar-refractivity contribution in [3.05, 3.63) is 57.8 Å². The predicted octanol–water partition coefficient (Wildman–Crippen LogP) is 2.04. The van der Waals surface area contributed by atoms with Crippen LogP contribution in [0.15, 0.2) is 45.3 Å². The van der Waals surface area contributed by atoms with Gasteiger partial charge in [-0.2, -0.15) is 0 Å². The number of fused-ring (bicyclic) bond motifs is 3. The highest BCUT2D eigenvalue weighted by Crippen LogP contribution is 2.54. The molecule has 234 valence electrons. The maximum Gasteiger partial charge on any atom is 0.255 e. The van der Waals surface area contributed by atoms with E-state index in [4.69, 9.17) is 10.2 Å². The Bertz CT molecular complexity index is 1650. The first-order chi connectivity index (χ1) is 20.8. The van der Waals surface area contributed by atoms with Crippen LogP contribution in [0.4, 0.5) is 5.69 Å². The number of allylic oxidation sites excluding steroid dienone is 1. The van der Waals surface area contributed by atoms with Crippen LogP contribution in [0.25, 0.3) is 11.3 Å². The van der Waals surface area contributed by atoms with Gasteiger partial charge in [-0.15, -0.1) is 0 Å². The van der Waals surface area contributed by atoms with Gasteiger partial charge >= 0.3 is 0 Å². The number of nitrogens with zero attached hydrogens (tertiary/aromatic N) is 3. The topological polar surface area (TPSA) is 181 Å². The van der Waals surface area contributed by atoms with E-state index in [2.05, 4.69) is 4.90 Å². The van der Waals surface area contributed by atoms with Crippen LogP contribution in [-0.4, -0.2) is 101 Å². The second-order valence-electron chi connectivity index (χ2n) is 12.8. The summed E-state index contributed by atoms with van der Waals surface area (Å²) in [7, 11) is 6.84. The van der Waals surface area contributed by atoms with Crippen molar-refractivity contribution in [2.75, 3.05) is 46.2 Å². The molecule has 1 saturated heterocycles. The van der Waals surface area contributed by atoms with Crippen LogP contribution in [0.2, 0.25) is 0 Å². The molecular formula is C32H38N4O8. The Labute approximate surface area is 254 Å². The average Bonchev–Trinajstić information content (AvgIpc) is 3.63. The van der Waals surface area contributed by atoms with Crippen LogP contribution in [-0.2, 0) is 22.6 Å². The number of nitrogens with two attached hydrogens (primary N) is 1. The second kappa shape index (κ2) is 10.5. The fraction of sp³-hybridized carbons (Fsp3) is 0.469. The molecule has 3 aliphatic carbocycles. The number of aliphatic hydroxyl groups is 3. The lowest BCUT2D eigenvalue weighted by Gasteiger charge is -2.50. The van der Waals surface area contributed by atoms with Crippen molar-refractivity contribution >= 4 is 23.2 Å². The molecule has 0 spiro atoms. The van der Waals surface area contributed by atoms with Gasteiger partial charge in [0.25, 0.3) is 5.91 Å². The third kappa shape index (κ3) is 4.26. The number of phenolic OH excluding ortho intramolecular Hbond substituents is 1. The number of hydrogen-bond donors (Lipinski definition) is 5. The Hall–Kier alpha value is -4.13. The van der Waals surface area contributed by atoms with E-state index < -0.39 is 58.0 Å². The number of carbonyl (C=O) groups excluding carboxylic acids is 3. The zero-order chi connectivity index (χ0) is 31.8. The van der Waals surface area contributed by atoms with Gasteiger partial charge in [0.05, 0.1) is 23.7 Å². The third-order valence-electron chi connectivity index (χ3n) is 9.69. The van der Waals surface area contributed by atoms with E-state index in [1.807, 2.05) is 25.1 Å². The highest BCUT2D eigenvalue weighted by atomic mass is 16.4. The summed E-state index contributed by atoms with van der Waals surface area (Å²) in [4.78, 5) is 45.7. The Kier molecular flexibility index (Phi) is 7.14. The molecule has 4 atom stereocenters. The van der Waals surface area contributed by atoms with Crippen LogP contribution < -0.4 is 10.6 Å². The number of ketones is 2. The molecular weight excluding hydrogens is 568 g/mol. The molecule has 1 aromatic carbocycles. The first-order valence-electron chi connectivity index (χ1n) is 14.8. The van der Waals surface area contributed by atoms with Crippen LogP contribution in [0, 0.1) is 11.8 Å². The molecule has 0 unspecified atom stereocenters. The monoisotopic (exact) mass is 606 g/mol. The van der Waals surface area contributed by atoms with Gasteiger partial charge in [-0.25, -0.2) is 0 Å². The molecule has 1 aromatic heterocycles. The number of phenols is 1. The Morgan fingerprint density at radius 1 is 1.11 bits per heavy atom. The van der Waals surface area contributed by atoms with E-state index in [9.17, 15) is 34.8 Å². The fourth-order valence-electron chi connectivity index (χ4n) is 7.65. The standard InChI is InChI=1S/C32H38N4O8/c1-34(2)20-13-18(21-8-7-16(44-21)14-36-9-5-6-10-36)26(37)23-17(20)11-15-12-19-25(35(3)4)28(39)24(31(33)42)30(41)32(19,43)29(40)22(15)27(23)38/h7-8,13,15,19,25,37,39-40,43H,5-6,9-12,14H2,1-4H3,(H2,33,42)/t15-,19-,25+,32+/m0/s1. The molecule has 6 rings (SSSR count). The first-order valence-corrected chi connectivity index (χ1v) is 14.8. The van der Waals surface area contributed by atoms with Gasteiger partial charge in [-0.1, -0.05) is 0 Å². The zero-order valence-electron chi connectivity index (χ0n) is 25.3. The van der Waals surface area contributed by atoms with Crippen LogP contribution >= 0.6 is 0 Å². The van der Waals surface area contributed by atoms with E-state index in [1.165, 1.54) is 4.90 Å². The van der Waals surface area contributed by atoms with Crippen LogP contribution in [0.1, 0.15) is 40.9 Å². The summed E-state index contributed by atoms with van der Waals surface area (Å²) in [5.41, 5.74) is 3.17. The number of hydrogen-bond acceptors (Lipinski definition) is 11. The number of carbonyl (C=O) groups is 3. The van der Waals surface area contributed by atoms with E-state index >= 15 is 0 Å². The number of aliphatic hydroxyl groups excluding tert-OH is 2. The summed E-state index contributed by atoms with van der Waals surface area (Å²) in [5, 5.41) is 46.0. The summed E-state index contributed by atoms with van der Waals surface area (Å²) in [6.07, 6.45) is 2.50. The molecule has 4 aliphatic rings. The smallest absolute Gasteiger partial charge is 0.255 e. The van der Waals surface area contributed by atoms with Gasteiger partial charge < -0.3 is 35.5 Å². The molecule has 1 amide bonds. The van der Waals surface area contributed by atoms with Crippen molar-refractivity contribution in [1.82, 2.24) is 9.80 Å². The maximum absolute atomic E-state index is 14.3. The van der Waals surface area contributed by atoms with Crippen molar-refractivity contribution < 1.29 is 39.2 Å². The summed E-state index contributed by atoms with van der Waals surface area (Å²) in [5.74, 6) is -5.71. The van der Waals surface area contributed by atoms with Crippen LogP contribution in [0.3, 0.4) is 0 Å². The molecule has 6 N–H and O–H groups in total. The third-order valence-corrected chi connectivity index (χ3v) is 9.69. The largest absolute Gasteiger partial charge is 0.510 e. The Balaban J connectivity index is 1.49. The minimum absolute atomic E-state index is 0.0270. The predicted molar refractivity (Wildman–Crippen MR) is 160 cm³/mol. The number of benzene rings is 1. The highest BCUT2D eigenvalue weighted by molar-refractivity contribution is 6.25. The molecule has 0 saturated carbocycles. The molecule has 0 bridgehead atoms. The lowest BCUT2D eigenvalue weighted by atomic mass is 9.58. The van der Waals surface area contributed by atoms with E-state index in [0.29, 0.717) is 29.1 Å². The number of likely N-dealkylation sites (N-methyl/N-ethyl adjacent to an activating group) is 1. The SMILES string of the molecule is CN(C)c1cc(-c2ccc(CN3CCCC3)o2)c(O)c2c1C[C@H]1C[C@H]3[C@@H](N(C)C)C(O)=C(C(N)=O)C(=O)[C@]3(O)C(O)=C1C2=O. The number of furan rings is 1. The molecule has 2 heterocycles. The molecule has 0 radical (unpaired) electrons. The van der Waals surface area contributed by atoms with Gasteiger partial charge in [0.2, 0.25) is 5.78 Å². The van der Waals surface area contributed by atoms with Gasteiger partial charge in [0.15, 0.2) is 11.4 Å². The number of rotatable bonds is 6. The number of anilines is 1. The minimum Gasteiger partial charge on any atom is -0.510 e. The van der Waals surface area contributed by atoms with Crippen molar-refractivity contribution in [3.8, 4) is 17.1 Å². The normalized spacial score (nSPS) is 27.1. The number of amides is 1. The Morgan fingerprint density at radius 3 is 2.41 bits per heavy atom. The fourth-order valence-corrected chi connectivity index (χ4v) is 7.65. The van der Waals surface area contributed by atoms with Crippen molar-refractivity contribution in [2.45, 2.75) is 43.9 Å². The maximum atomic E-state index is 14.3. The van der Waals surface area contributed by atoms with E-state index in [0.717, 1.165) is 31.7 Å². The average molecular weight is 607 g/mol. The molecule has 2 aromatic rings. The number of likely N-dealkylation sites (tertiary alicyclic amines) is 1. The van der Waals surface area contributed by atoms with Gasteiger partial charge in [0.1, 0.15) is 34.4 Å². The molecule has 1 fully saturated rings. The van der Waals surface area contributed by atoms with Gasteiger partial charge in [-0.3, -0.25) is 24.2 Å². The van der Waals surface area contributed by atoms with Crippen LogP contribution in [0.5, 0.6) is 5.75 Å². The van der Waals surface area contributed by atoms with E-state index in [-0.39, 0.29) is 29.7 Å². The summed E-state index contributed by atoms with van der Waals surface area (Å²) < 4.78 is 6.13. The van der Waals surface area contributed by atoms with E-state index in [1.54, 1.807) is 26.2 Å². The Morgan fingerprint density at radius 2 is 1.80 bits per heavy atom. The molecule has 12 nitrogen and oxygen atoms in total. The van der Waals surface area contributed by atoms with Crippen molar-refractivity contribution in [3.63, 3.8) is 0 Å². The number of Topliss-reactive ketones (excluding diaryl/α,β-unsaturated/α-hetero) is 2. The van der Waals surface area contributed by atoms with Crippen molar-refractivity contribution in [1.29, 1.82) is 0 Å². The lowest BCUT2D eigenvalue weighted by Crippen LogP contribution is -2.63. The number of primary amides is 1. The van der Waals surface area contributed by atoms with Crippen molar-refractivity contribution in [2.24, 2.45) is 17.6 Å². The summed E-state index contributed by atoms with van der Waals surface area (Å²) in [6.45, 7) is 2.60. The van der Waals surface area contributed by atoms with Gasteiger partial charge in [-0.05, 0) is 82.5 Å². The first kappa shape index (κ1) is 29.9. The summed E-state index contributed by atoms with van der Waals surface area (Å²) in [6, 6.07) is 4.33. The molecule has 12 heteroatoms.